The van der Waals surface area contributed by atoms with Crippen molar-refractivity contribution in [2.24, 2.45) is 5.92 Å². The summed E-state index contributed by atoms with van der Waals surface area (Å²) in [6.45, 7) is 3.71. The molecule has 0 N–H and O–H groups in total. The molecule has 2 saturated heterocycles. The van der Waals surface area contributed by atoms with Crippen molar-refractivity contribution in [1.29, 1.82) is 5.26 Å². The molecule has 0 aromatic heterocycles. The summed E-state index contributed by atoms with van der Waals surface area (Å²) in [5.74, 6) is 0.130. The van der Waals surface area contributed by atoms with Gasteiger partial charge < -0.3 is 9.64 Å². The van der Waals surface area contributed by atoms with Crippen molar-refractivity contribution in [3.05, 3.63) is 28.3 Å². The number of carbonyl (C=O) groups excluding carboxylic acids is 2. The maximum Gasteiger partial charge on any atom is 0.332 e. The van der Waals surface area contributed by atoms with Gasteiger partial charge in [-0.2, -0.15) is 5.26 Å². The molecule has 1 saturated carbocycles. The Kier molecular flexibility index (Phi) is 29.1. The van der Waals surface area contributed by atoms with Crippen LogP contribution in [0.1, 0.15) is 281 Å². The van der Waals surface area contributed by atoms with Gasteiger partial charge in [0, 0.05) is 19.1 Å². The number of halogens is 1. The van der Waals surface area contributed by atoms with Crippen LogP contribution < -0.4 is 4.90 Å². The Labute approximate surface area is 399 Å². The van der Waals surface area contributed by atoms with E-state index in [4.69, 9.17) is 16.3 Å². The number of nitrogens with zero attached hydrogens (tertiary/aromatic N) is 3. The minimum absolute atomic E-state index is 0.100. The zero-order chi connectivity index (χ0) is 45.3. The number of amides is 3. The molecule has 3 amide bonds. The molecule has 0 radical (unpaired) electrons. The van der Waals surface area contributed by atoms with Crippen LogP contribution in [0.2, 0.25) is 5.02 Å². The number of carbonyl (C=O) groups is 2. The molecule has 2 aliphatic heterocycles. The Bertz CT molecular complexity index is 1390. The predicted molar refractivity (Wildman–Crippen MR) is 271 cm³/mol. The zero-order valence-corrected chi connectivity index (χ0v) is 42.3. The lowest BCUT2D eigenvalue weighted by Gasteiger charge is -2.37. The molecule has 1 spiro atoms. The number of hydrogen-bond acceptors (Lipinski definition) is 4. The molecule has 2 heterocycles. The fourth-order valence-corrected chi connectivity index (χ4v) is 11.4. The summed E-state index contributed by atoms with van der Waals surface area (Å²) >= 11 is 6.66. The maximum atomic E-state index is 15.0. The lowest BCUT2D eigenvalue weighted by Crippen LogP contribution is -2.51. The largest absolute Gasteiger partial charge is 0.381 e. The van der Waals surface area contributed by atoms with Crippen molar-refractivity contribution < 1.29 is 14.3 Å². The first-order valence-corrected chi connectivity index (χ1v) is 28.3. The molecule has 7 heteroatoms. The standard InChI is InChI=1S/C57H96ClN3O3/c1-50-53(42-41-52(47-59)54(50)58)61-55(62)57(60(56(61)63)48-51-43-46-64-49-51)44-39-37-35-33-31-29-27-25-23-21-19-17-15-13-11-9-7-5-3-2-4-6-8-10-12-14-16-18-20-22-24-26-28-30-32-34-36-38-40-45-57/h41-42,51H,2-40,43-46,48-49H2,1H3. The number of rotatable bonds is 3. The Morgan fingerprint density at radius 1 is 0.562 bits per heavy atom. The second kappa shape index (κ2) is 34.2. The number of imide groups is 1. The third-order valence-corrected chi connectivity index (χ3v) is 15.9. The molecule has 1 aliphatic carbocycles. The van der Waals surface area contributed by atoms with E-state index in [1.54, 1.807) is 12.1 Å². The lowest BCUT2D eigenvalue weighted by molar-refractivity contribution is -0.126. The van der Waals surface area contributed by atoms with E-state index in [9.17, 15) is 10.1 Å². The van der Waals surface area contributed by atoms with Crippen LogP contribution in [-0.2, 0) is 9.53 Å². The SMILES string of the molecule is Cc1c(N2C(=O)N(CC3CCOC3)C3(CCCCCCCCCCCCCCCCCCCCCCCCCCCCCCCCCCCCCCCCC3)C2=O)ccc(C#N)c1Cl. The summed E-state index contributed by atoms with van der Waals surface area (Å²) in [5, 5.41) is 9.97. The third-order valence-electron chi connectivity index (χ3n) is 15.4. The highest BCUT2D eigenvalue weighted by atomic mass is 35.5. The number of anilines is 1. The average Bonchev–Trinajstić information content (AvgIpc) is 3.89. The van der Waals surface area contributed by atoms with E-state index in [0.29, 0.717) is 54.4 Å². The van der Waals surface area contributed by atoms with Crippen molar-refractivity contribution in [3.8, 4) is 6.07 Å². The Balaban J connectivity index is 1.29. The minimum Gasteiger partial charge on any atom is -0.381 e. The molecule has 4 rings (SSSR count). The number of nitriles is 1. The second-order valence-corrected chi connectivity index (χ2v) is 21.1. The fourth-order valence-electron chi connectivity index (χ4n) is 11.2. The highest BCUT2D eigenvalue weighted by Gasteiger charge is 2.57. The fraction of sp³-hybridized carbons (Fsp3) is 0.842. The molecule has 1 atom stereocenters. The quantitative estimate of drug-likeness (QED) is 0.283. The van der Waals surface area contributed by atoms with E-state index in [0.717, 1.165) is 32.1 Å². The predicted octanol–water partition coefficient (Wildman–Crippen LogP) is 18.1. The van der Waals surface area contributed by atoms with Gasteiger partial charge in [-0.05, 0) is 43.9 Å². The van der Waals surface area contributed by atoms with Crippen molar-refractivity contribution in [3.63, 3.8) is 0 Å². The first-order valence-electron chi connectivity index (χ1n) is 27.9. The molecular weight excluding hydrogens is 810 g/mol. The normalized spacial score (nSPS) is 24.1. The van der Waals surface area contributed by atoms with E-state index < -0.39 is 5.54 Å². The van der Waals surface area contributed by atoms with Crippen molar-refractivity contribution in [2.45, 2.75) is 282 Å². The van der Waals surface area contributed by atoms with Crippen molar-refractivity contribution in [2.75, 3.05) is 24.7 Å². The molecular formula is C57H96ClN3O3. The van der Waals surface area contributed by atoms with Gasteiger partial charge in [0.1, 0.15) is 11.6 Å². The Morgan fingerprint density at radius 3 is 1.19 bits per heavy atom. The summed E-state index contributed by atoms with van der Waals surface area (Å²) < 4.78 is 5.79. The number of ether oxygens (including phenoxy) is 1. The highest BCUT2D eigenvalue weighted by Crippen LogP contribution is 2.43. The van der Waals surface area contributed by atoms with E-state index in [1.165, 1.54) is 230 Å². The number of hydrogen-bond donors (Lipinski definition) is 0. The summed E-state index contributed by atoms with van der Waals surface area (Å²) in [7, 11) is 0. The number of urea groups is 1. The van der Waals surface area contributed by atoms with Gasteiger partial charge in [-0.3, -0.25) is 4.79 Å². The van der Waals surface area contributed by atoms with Crippen LogP contribution in [0.3, 0.4) is 0 Å². The molecule has 3 fully saturated rings. The topological polar surface area (TPSA) is 73.6 Å². The van der Waals surface area contributed by atoms with Crippen molar-refractivity contribution >= 4 is 29.2 Å². The average molecular weight is 907 g/mol. The van der Waals surface area contributed by atoms with Gasteiger partial charge >= 0.3 is 6.03 Å². The third kappa shape index (κ3) is 20.0. The molecule has 1 unspecified atom stereocenters. The molecule has 364 valence electrons. The smallest absolute Gasteiger partial charge is 0.332 e. The zero-order valence-electron chi connectivity index (χ0n) is 41.5. The van der Waals surface area contributed by atoms with Crippen molar-refractivity contribution in [1.82, 2.24) is 4.90 Å². The van der Waals surface area contributed by atoms with Crippen LogP contribution in [0.25, 0.3) is 0 Å². The first-order chi connectivity index (χ1) is 31.5. The van der Waals surface area contributed by atoms with Gasteiger partial charge in [0.25, 0.3) is 5.91 Å². The van der Waals surface area contributed by atoms with E-state index in [2.05, 4.69) is 6.07 Å². The second-order valence-electron chi connectivity index (χ2n) is 20.8. The summed E-state index contributed by atoms with van der Waals surface area (Å²) in [4.78, 5) is 33.0. The van der Waals surface area contributed by atoms with Crippen LogP contribution in [0.4, 0.5) is 10.5 Å². The maximum absolute atomic E-state index is 15.0. The highest BCUT2D eigenvalue weighted by molar-refractivity contribution is 6.33. The van der Waals surface area contributed by atoms with Crippen LogP contribution in [-0.4, -0.2) is 42.1 Å². The molecule has 1 aromatic rings. The van der Waals surface area contributed by atoms with Crippen LogP contribution in [0.5, 0.6) is 0 Å². The summed E-state index contributed by atoms with van der Waals surface area (Å²) in [6.07, 6.45) is 55.0. The Hall–Kier alpha value is -2.10. The van der Waals surface area contributed by atoms with Crippen LogP contribution in [0, 0.1) is 24.2 Å². The molecule has 3 aliphatic rings. The van der Waals surface area contributed by atoms with Crippen LogP contribution >= 0.6 is 11.6 Å². The molecule has 64 heavy (non-hydrogen) atoms. The molecule has 6 nitrogen and oxygen atoms in total. The van der Waals surface area contributed by atoms with Gasteiger partial charge in [-0.25, -0.2) is 9.69 Å². The van der Waals surface area contributed by atoms with Gasteiger partial charge in [0.05, 0.1) is 22.9 Å². The summed E-state index contributed by atoms with van der Waals surface area (Å²) in [6, 6.07) is 5.32. The number of benzene rings is 1. The van der Waals surface area contributed by atoms with E-state index in [1.807, 2.05) is 11.8 Å². The molecule has 1 aromatic carbocycles. The Morgan fingerprint density at radius 2 is 0.891 bits per heavy atom. The first kappa shape index (κ1) is 54.5. The lowest BCUT2D eigenvalue weighted by atomic mass is 9.83. The minimum atomic E-state index is -0.863. The monoisotopic (exact) mass is 906 g/mol. The van der Waals surface area contributed by atoms with Crippen LogP contribution in [0.15, 0.2) is 12.1 Å². The molecule has 0 bridgehead atoms. The van der Waals surface area contributed by atoms with E-state index >= 15 is 4.79 Å². The van der Waals surface area contributed by atoms with E-state index in [-0.39, 0.29) is 17.9 Å². The van der Waals surface area contributed by atoms with Gasteiger partial charge in [0.15, 0.2) is 0 Å². The van der Waals surface area contributed by atoms with Gasteiger partial charge in [-0.1, -0.05) is 262 Å². The van der Waals surface area contributed by atoms with Gasteiger partial charge in [0.2, 0.25) is 0 Å². The summed E-state index contributed by atoms with van der Waals surface area (Å²) in [5.41, 5.74) is 0.628. The van der Waals surface area contributed by atoms with Gasteiger partial charge in [-0.15, -0.1) is 0 Å².